The number of hydrogen-bond acceptors (Lipinski definition) is 7. The van der Waals surface area contributed by atoms with Gasteiger partial charge in [-0.05, 0) is 42.9 Å². The molecule has 1 amide bonds. The molecule has 0 saturated heterocycles. The molecule has 0 aromatic heterocycles. The highest BCUT2D eigenvalue weighted by Crippen LogP contribution is 2.49. The maximum absolute atomic E-state index is 13.1. The minimum absolute atomic E-state index is 0.193. The Morgan fingerprint density at radius 1 is 1.00 bits per heavy atom. The molecule has 0 atom stereocenters. The first-order valence-corrected chi connectivity index (χ1v) is 13.6. The summed E-state index contributed by atoms with van der Waals surface area (Å²) in [6.07, 6.45) is 3.58. The van der Waals surface area contributed by atoms with E-state index in [0.29, 0.717) is 26.2 Å². The monoisotopic (exact) mass is 487 g/mol. The van der Waals surface area contributed by atoms with Gasteiger partial charge in [0, 0.05) is 0 Å². The molecule has 190 valence electrons. The number of amides is 1. The molecule has 0 heterocycles. The van der Waals surface area contributed by atoms with Crippen molar-refractivity contribution >= 4 is 13.7 Å². The average molecular weight is 488 g/mol. The van der Waals surface area contributed by atoms with Gasteiger partial charge in [0.05, 0.1) is 39.6 Å². The van der Waals surface area contributed by atoms with Gasteiger partial charge in [-0.25, -0.2) is 4.79 Å². The highest BCUT2D eigenvalue weighted by molar-refractivity contribution is 7.53. The number of benzene rings is 1. The van der Waals surface area contributed by atoms with Crippen LogP contribution in [0.4, 0.5) is 4.79 Å². The second-order valence-electron chi connectivity index (χ2n) is 8.26. The summed E-state index contributed by atoms with van der Waals surface area (Å²) in [5, 5.41) is 1.19. The number of hydrogen-bond donors (Lipinski definition) is 0. The molecule has 1 aromatic rings. The highest BCUT2D eigenvalue weighted by atomic mass is 31.2. The summed E-state index contributed by atoms with van der Waals surface area (Å²) in [5.74, 6) is 0.949. The Hall–Kier alpha value is -1.60. The third-order valence-electron chi connectivity index (χ3n) is 4.65. The van der Waals surface area contributed by atoms with Crippen LogP contribution in [0.25, 0.3) is 0 Å². The van der Waals surface area contributed by atoms with E-state index in [9.17, 15) is 9.36 Å². The van der Waals surface area contributed by atoms with E-state index in [1.165, 1.54) is 5.06 Å². The van der Waals surface area contributed by atoms with Gasteiger partial charge in [-0.3, -0.25) is 9.40 Å². The van der Waals surface area contributed by atoms with Gasteiger partial charge >= 0.3 is 13.7 Å². The van der Waals surface area contributed by atoms with Gasteiger partial charge in [-0.15, -0.1) is 0 Å². The summed E-state index contributed by atoms with van der Waals surface area (Å²) < 4.78 is 34.9. The van der Waals surface area contributed by atoms with Crippen LogP contribution in [-0.4, -0.2) is 50.8 Å². The van der Waals surface area contributed by atoms with E-state index in [1.54, 1.807) is 7.11 Å². The van der Waals surface area contributed by atoms with E-state index in [1.807, 2.05) is 52.0 Å². The Balaban J connectivity index is 2.71. The number of nitrogens with zero attached hydrogens (tertiary/aromatic N) is 1. The van der Waals surface area contributed by atoms with Crippen molar-refractivity contribution in [2.45, 2.75) is 66.4 Å². The second kappa shape index (κ2) is 16.9. The molecule has 0 unspecified atom stereocenters. The van der Waals surface area contributed by atoms with Crippen molar-refractivity contribution in [3.63, 3.8) is 0 Å². The number of ether oxygens (including phenoxy) is 2. The molecule has 1 aromatic carbocycles. The van der Waals surface area contributed by atoms with Crippen LogP contribution in [0.1, 0.15) is 65.4 Å². The zero-order chi connectivity index (χ0) is 24.5. The van der Waals surface area contributed by atoms with Crippen molar-refractivity contribution in [3.05, 3.63) is 29.8 Å². The van der Waals surface area contributed by atoms with Crippen molar-refractivity contribution in [1.29, 1.82) is 0 Å². The quantitative estimate of drug-likeness (QED) is 0.134. The fraction of sp³-hybridized carbons (Fsp3) is 0.708. The van der Waals surface area contributed by atoms with Crippen LogP contribution in [0.2, 0.25) is 0 Å². The molecule has 1 rings (SSSR count). The summed E-state index contributed by atoms with van der Waals surface area (Å²) in [7, 11) is -1.62. The zero-order valence-electron chi connectivity index (χ0n) is 20.9. The lowest BCUT2D eigenvalue weighted by atomic mass is 10.2. The molecule has 0 N–H and O–H groups in total. The van der Waals surface area contributed by atoms with E-state index < -0.39 is 13.7 Å². The van der Waals surface area contributed by atoms with Crippen LogP contribution in [0.3, 0.4) is 0 Å². The normalized spacial score (nSPS) is 11.6. The SMILES string of the molecule is CCCCOP(=O)(CCCN(OCc1ccc(OC)cc1)C(=O)OCC(C)C)OCCCC. The molecule has 33 heavy (non-hydrogen) atoms. The van der Waals surface area contributed by atoms with Gasteiger partial charge in [0.15, 0.2) is 0 Å². The molecule has 0 radical (unpaired) electrons. The van der Waals surface area contributed by atoms with Crippen LogP contribution in [-0.2, 0) is 29.8 Å². The Labute approximate surface area is 199 Å². The maximum Gasteiger partial charge on any atom is 0.433 e. The first kappa shape index (κ1) is 29.4. The first-order chi connectivity index (χ1) is 15.8. The molecule has 0 bridgehead atoms. The Bertz CT molecular complexity index is 683. The van der Waals surface area contributed by atoms with E-state index in [-0.39, 0.29) is 25.2 Å². The third kappa shape index (κ3) is 13.0. The summed E-state index contributed by atoms with van der Waals surface area (Å²) in [4.78, 5) is 18.3. The topological polar surface area (TPSA) is 83.5 Å². The van der Waals surface area contributed by atoms with Crippen molar-refractivity contribution in [2.24, 2.45) is 5.92 Å². The van der Waals surface area contributed by atoms with Gasteiger partial charge in [0.2, 0.25) is 0 Å². The van der Waals surface area contributed by atoms with Crippen molar-refractivity contribution in [3.8, 4) is 5.75 Å². The van der Waals surface area contributed by atoms with Gasteiger partial charge < -0.3 is 18.5 Å². The molecule has 9 heteroatoms. The zero-order valence-corrected chi connectivity index (χ0v) is 21.8. The minimum atomic E-state index is -3.23. The van der Waals surface area contributed by atoms with E-state index >= 15 is 0 Å². The maximum atomic E-state index is 13.1. The lowest BCUT2D eigenvalue weighted by Crippen LogP contribution is -2.34. The van der Waals surface area contributed by atoms with Crippen molar-refractivity contribution in [2.75, 3.05) is 39.6 Å². The molecule has 0 fully saturated rings. The Morgan fingerprint density at radius 2 is 1.61 bits per heavy atom. The fourth-order valence-electron chi connectivity index (χ4n) is 2.66. The van der Waals surface area contributed by atoms with E-state index in [2.05, 4.69) is 0 Å². The Morgan fingerprint density at radius 3 is 2.12 bits per heavy atom. The standard InChI is InChI=1S/C24H42NO7P/c1-6-8-16-31-33(27,32-17-9-7-2)18-10-15-25(24(26)29-19-21(3)4)30-20-22-11-13-23(28-5)14-12-22/h11-14,21H,6-10,15-20H2,1-5H3. The Kier molecular flexibility index (Phi) is 15.1. The molecule has 0 saturated carbocycles. The van der Waals surface area contributed by atoms with Crippen LogP contribution < -0.4 is 4.74 Å². The van der Waals surface area contributed by atoms with Crippen LogP contribution >= 0.6 is 7.60 Å². The number of rotatable bonds is 18. The number of carbonyl (C=O) groups is 1. The molecule has 8 nitrogen and oxygen atoms in total. The molecule has 0 aliphatic heterocycles. The predicted octanol–water partition coefficient (Wildman–Crippen LogP) is 6.44. The largest absolute Gasteiger partial charge is 0.497 e. The minimum Gasteiger partial charge on any atom is -0.497 e. The predicted molar refractivity (Wildman–Crippen MR) is 129 cm³/mol. The molecular weight excluding hydrogens is 445 g/mol. The van der Waals surface area contributed by atoms with Crippen molar-refractivity contribution in [1.82, 2.24) is 5.06 Å². The number of unbranched alkanes of at least 4 members (excludes halogenated alkanes) is 2. The second-order valence-corrected chi connectivity index (χ2v) is 10.4. The lowest BCUT2D eigenvalue weighted by molar-refractivity contribution is -0.147. The highest BCUT2D eigenvalue weighted by Gasteiger charge is 2.26. The third-order valence-corrected chi connectivity index (χ3v) is 6.67. The number of hydroxylamine groups is 2. The first-order valence-electron chi connectivity index (χ1n) is 11.9. The lowest BCUT2D eigenvalue weighted by Gasteiger charge is -2.23. The summed E-state index contributed by atoms with van der Waals surface area (Å²) in [6, 6.07) is 7.40. The van der Waals surface area contributed by atoms with Gasteiger partial charge in [-0.1, -0.05) is 52.7 Å². The average Bonchev–Trinajstić information content (AvgIpc) is 2.80. The van der Waals surface area contributed by atoms with Gasteiger partial charge in [-0.2, -0.15) is 5.06 Å². The number of methoxy groups -OCH3 is 1. The van der Waals surface area contributed by atoms with E-state index in [4.69, 9.17) is 23.4 Å². The van der Waals surface area contributed by atoms with Gasteiger partial charge in [0.25, 0.3) is 0 Å². The van der Waals surface area contributed by atoms with E-state index in [0.717, 1.165) is 37.0 Å². The summed E-state index contributed by atoms with van der Waals surface area (Å²) >= 11 is 0. The van der Waals surface area contributed by atoms with Crippen LogP contribution in [0, 0.1) is 5.92 Å². The smallest absolute Gasteiger partial charge is 0.433 e. The van der Waals surface area contributed by atoms with Crippen molar-refractivity contribution < 1.29 is 32.7 Å². The molecule has 0 aliphatic carbocycles. The molecule has 0 aliphatic rings. The van der Waals surface area contributed by atoms with Crippen LogP contribution in [0.5, 0.6) is 5.75 Å². The molecule has 0 spiro atoms. The number of carbonyl (C=O) groups excluding carboxylic acids is 1. The molecular formula is C24H42NO7P. The van der Waals surface area contributed by atoms with Gasteiger partial charge in [0.1, 0.15) is 12.4 Å². The van der Waals surface area contributed by atoms with Crippen LogP contribution in [0.15, 0.2) is 24.3 Å². The summed E-state index contributed by atoms with van der Waals surface area (Å²) in [6.45, 7) is 9.52. The fourth-order valence-corrected chi connectivity index (χ4v) is 4.34. The summed E-state index contributed by atoms with van der Waals surface area (Å²) in [5.41, 5.74) is 0.883.